The van der Waals surface area contributed by atoms with Crippen LogP contribution in [0, 0.1) is 0 Å². The number of rotatable bonds is 1. The van der Waals surface area contributed by atoms with E-state index in [1.54, 1.807) is 12.1 Å². The zero-order valence-corrected chi connectivity index (χ0v) is 8.01. The van der Waals surface area contributed by atoms with Gasteiger partial charge in [0.1, 0.15) is 12.8 Å². The first kappa shape index (κ1) is 8.75. The summed E-state index contributed by atoms with van der Waals surface area (Å²) in [5.41, 5.74) is 2.14. The van der Waals surface area contributed by atoms with Crippen molar-refractivity contribution in [2.24, 2.45) is 7.05 Å². The maximum Gasteiger partial charge on any atom is 0.169 e. The highest BCUT2D eigenvalue weighted by molar-refractivity contribution is 5.63. The number of hydrogen-bond donors (Lipinski definition) is 1. The van der Waals surface area contributed by atoms with Crippen molar-refractivity contribution in [1.29, 1.82) is 0 Å². The summed E-state index contributed by atoms with van der Waals surface area (Å²) in [4.78, 5) is 0. The van der Waals surface area contributed by atoms with Gasteiger partial charge in [0.25, 0.3) is 0 Å². The van der Waals surface area contributed by atoms with E-state index >= 15 is 0 Å². The fourth-order valence-corrected chi connectivity index (χ4v) is 1.38. The molecular formula is C12H12NO+. The lowest BCUT2D eigenvalue weighted by molar-refractivity contribution is -0.671. The molecule has 1 aromatic carbocycles. The number of aryl methyl sites for hydroxylation is 1. The third kappa shape index (κ3) is 1.74. The lowest BCUT2D eigenvalue weighted by Crippen LogP contribution is -2.25. The SMILES string of the molecule is C[n+]1ccc(-c2cccc(O)c2)cc1. The Balaban J connectivity index is 2.44. The average molecular weight is 186 g/mol. The first-order valence-electron chi connectivity index (χ1n) is 4.50. The molecule has 1 aromatic heterocycles. The third-order valence-electron chi connectivity index (χ3n) is 2.16. The number of phenols is 1. The van der Waals surface area contributed by atoms with E-state index in [4.69, 9.17) is 0 Å². The zero-order valence-electron chi connectivity index (χ0n) is 8.01. The molecule has 0 atom stereocenters. The van der Waals surface area contributed by atoms with Gasteiger partial charge in [0.15, 0.2) is 12.4 Å². The largest absolute Gasteiger partial charge is 0.508 e. The second-order valence-electron chi connectivity index (χ2n) is 3.30. The number of aromatic nitrogens is 1. The highest BCUT2D eigenvalue weighted by atomic mass is 16.3. The van der Waals surface area contributed by atoms with Gasteiger partial charge in [-0.05, 0) is 23.3 Å². The molecule has 2 nitrogen and oxygen atoms in total. The molecule has 2 aromatic rings. The van der Waals surface area contributed by atoms with Crippen LogP contribution < -0.4 is 4.57 Å². The van der Waals surface area contributed by atoms with E-state index in [9.17, 15) is 5.11 Å². The Morgan fingerprint density at radius 3 is 2.36 bits per heavy atom. The van der Waals surface area contributed by atoms with Crippen LogP contribution in [0.1, 0.15) is 0 Å². The van der Waals surface area contributed by atoms with Crippen LogP contribution in [0.15, 0.2) is 48.8 Å². The lowest BCUT2D eigenvalue weighted by atomic mass is 10.1. The number of benzene rings is 1. The molecule has 0 unspecified atom stereocenters. The Morgan fingerprint density at radius 2 is 1.71 bits per heavy atom. The van der Waals surface area contributed by atoms with Gasteiger partial charge in [-0.15, -0.1) is 0 Å². The molecule has 2 rings (SSSR count). The predicted molar refractivity (Wildman–Crippen MR) is 54.7 cm³/mol. The van der Waals surface area contributed by atoms with Crippen LogP contribution in [-0.2, 0) is 7.05 Å². The molecule has 0 radical (unpaired) electrons. The van der Waals surface area contributed by atoms with Crippen molar-refractivity contribution in [2.45, 2.75) is 0 Å². The Kier molecular flexibility index (Phi) is 2.19. The minimum absolute atomic E-state index is 0.302. The smallest absolute Gasteiger partial charge is 0.169 e. The van der Waals surface area contributed by atoms with Crippen molar-refractivity contribution in [3.63, 3.8) is 0 Å². The van der Waals surface area contributed by atoms with Gasteiger partial charge in [-0.2, -0.15) is 0 Å². The molecule has 0 saturated heterocycles. The van der Waals surface area contributed by atoms with Gasteiger partial charge in [0.2, 0.25) is 0 Å². The Morgan fingerprint density at radius 1 is 1.00 bits per heavy atom. The van der Waals surface area contributed by atoms with Gasteiger partial charge in [-0.1, -0.05) is 12.1 Å². The van der Waals surface area contributed by atoms with E-state index in [1.807, 2.05) is 48.3 Å². The standard InChI is InChI=1S/C12H11NO/c1-13-7-5-10(6-8-13)11-3-2-4-12(14)9-11/h2-9H,1H3/p+1. The summed E-state index contributed by atoms with van der Waals surface area (Å²) in [6.45, 7) is 0. The molecule has 0 spiro atoms. The van der Waals surface area contributed by atoms with Crippen LogP contribution >= 0.6 is 0 Å². The summed E-state index contributed by atoms with van der Waals surface area (Å²) in [5.74, 6) is 0.302. The Hall–Kier alpha value is -1.83. The number of pyridine rings is 1. The van der Waals surface area contributed by atoms with Gasteiger partial charge < -0.3 is 5.11 Å². The van der Waals surface area contributed by atoms with Crippen LogP contribution in [0.4, 0.5) is 0 Å². The minimum Gasteiger partial charge on any atom is -0.508 e. The van der Waals surface area contributed by atoms with Crippen LogP contribution in [0.2, 0.25) is 0 Å². The molecule has 70 valence electrons. The molecule has 0 aliphatic carbocycles. The van der Waals surface area contributed by atoms with E-state index in [0.717, 1.165) is 11.1 Å². The van der Waals surface area contributed by atoms with Crippen LogP contribution in [0.3, 0.4) is 0 Å². The molecule has 0 aliphatic rings. The first-order valence-corrected chi connectivity index (χ1v) is 4.50. The summed E-state index contributed by atoms with van der Waals surface area (Å²) in [6, 6.07) is 11.3. The van der Waals surface area contributed by atoms with Crippen molar-refractivity contribution in [3.05, 3.63) is 48.8 Å². The van der Waals surface area contributed by atoms with Crippen molar-refractivity contribution >= 4 is 0 Å². The van der Waals surface area contributed by atoms with Gasteiger partial charge in [-0.3, -0.25) is 0 Å². The maximum absolute atomic E-state index is 9.32. The van der Waals surface area contributed by atoms with E-state index in [1.165, 1.54) is 0 Å². The van der Waals surface area contributed by atoms with Gasteiger partial charge in [0, 0.05) is 12.1 Å². The topological polar surface area (TPSA) is 24.1 Å². The number of hydrogen-bond acceptors (Lipinski definition) is 1. The van der Waals surface area contributed by atoms with Crippen molar-refractivity contribution < 1.29 is 9.67 Å². The second-order valence-corrected chi connectivity index (χ2v) is 3.30. The average Bonchev–Trinajstić information content (AvgIpc) is 2.19. The summed E-state index contributed by atoms with van der Waals surface area (Å²) in [6.07, 6.45) is 3.97. The Labute approximate surface area is 83.1 Å². The van der Waals surface area contributed by atoms with Crippen molar-refractivity contribution in [2.75, 3.05) is 0 Å². The fourth-order valence-electron chi connectivity index (χ4n) is 1.38. The molecule has 1 heterocycles. The van der Waals surface area contributed by atoms with Gasteiger partial charge in [-0.25, -0.2) is 4.57 Å². The normalized spacial score (nSPS) is 10.1. The summed E-state index contributed by atoms with van der Waals surface area (Å²) in [7, 11) is 1.98. The second kappa shape index (κ2) is 3.50. The molecule has 0 fully saturated rings. The molecule has 2 heteroatoms. The number of aromatic hydroxyl groups is 1. The van der Waals surface area contributed by atoms with Gasteiger partial charge in [0.05, 0.1) is 0 Å². The highest BCUT2D eigenvalue weighted by Crippen LogP contribution is 2.21. The number of phenolic OH excluding ortho intramolecular Hbond substituents is 1. The quantitative estimate of drug-likeness (QED) is 0.675. The van der Waals surface area contributed by atoms with Crippen LogP contribution in [0.25, 0.3) is 11.1 Å². The van der Waals surface area contributed by atoms with E-state index in [-0.39, 0.29) is 0 Å². The predicted octanol–water partition coefficient (Wildman–Crippen LogP) is 1.88. The Bertz CT molecular complexity index is 434. The molecular weight excluding hydrogens is 174 g/mol. The molecule has 0 bridgehead atoms. The summed E-state index contributed by atoms with van der Waals surface area (Å²) in [5, 5.41) is 9.32. The number of nitrogens with zero attached hydrogens (tertiary/aromatic N) is 1. The van der Waals surface area contributed by atoms with E-state index in [0.29, 0.717) is 5.75 Å². The van der Waals surface area contributed by atoms with E-state index < -0.39 is 0 Å². The van der Waals surface area contributed by atoms with Crippen LogP contribution in [-0.4, -0.2) is 5.11 Å². The zero-order chi connectivity index (χ0) is 9.97. The highest BCUT2D eigenvalue weighted by Gasteiger charge is 1.99. The summed E-state index contributed by atoms with van der Waals surface area (Å²) < 4.78 is 1.98. The monoisotopic (exact) mass is 186 g/mol. The summed E-state index contributed by atoms with van der Waals surface area (Å²) >= 11 is 0. The molecule has 0 amide bonds. The first-order chi connectivity index (χ1) is 6.75. The molecule has 0 saturated carbocycles. The molecule has 14 heavy (non-hydrogen) atoms. The fraction of sp³-hybridized carbons (Fsp3) is 0.0833. The van der Waals surface area contributed by atoms with E-state index in [2.05, 4.69) is 0 Å². The third-order valence-corrected chi connectivity index (χ3v) is 2.16. The maximum atomic E-state index is 9.32. The molecule has 1 N–H and O–H groups in total. The lowest BCUT2D eigenvalue weighted by Gasteiger charge is -2.00. The van der Waals surface area contributed by atoms with Gasteiger partial charge >= 0.3 is 0 Å². The minimum atomic E-state index is 0.302. The van der Waals surface area contributed by atoms with Crippen molar-refractivity contribution in [3.8, 4) is 16.9 Å². The van der Waals surface area contributed by atoms with Crippen LogP contribution in [0.5, 0.6) is 5.75 Å². The molecule has 0 aliphatic heterocycles. The van der Waals surface area contributed by atoms with Crippen molar-refractivity contribution in [1.82, 2.24) is 0 Å².